The molecule has 31 heavy (non-hydrogen) atoms. The van der Waals surface area contributed by atoms with Crippen LogP contribution in [0.15, 0.2) is 58.4 Å². The summed E-state index contributed by atoms with van der Waals surface area (Å²) < 4.78 is 18.2. The van der Waals surface area contributed by atoms with Crippen molar-refractivity contribution in [2.24, 2.45) is 5.73 Å². The quantitative estimate of drug-likeness (QED) is 0.530. The maximum absolute atomic E-state index is 9.81. The Balaban J connectivity index is 1.78. The van der Waals surface area contributed by atoms with E-state index in [1.54, 1.807) is 0 Å². The van der Waals surface area contributed by atoms with Gasteiger partial charge in [0, 0.05) is 15.7 Å². The van der Waals surface area contributed by atoms with Crippen molar-refractivity contribution in [3.63, 3.8) is 0 Å². The average Bonchev–Trinajstić information content (AvgIpc) is 3.13. The molecule has 8 heteroatoms. The first-order chi connectivity index (χ1) is 15.0. The van der Waals surface area contributed by atoms with Crippen molar-refractivity contribution < 1.29 is 14.2 Å². The smallest absolute Gasteiger partial charge is 0.244 e. The van der Waals surface area contributed by atoms with Gasteiger partial charge in [-0.3, -0.25) is 5.10 Å². The molecule has 1 aliphatic rings. The summed E-state index contributed by atoms with van der Waals surface area (Å²) in [6.07, 6.45) is 0. The molecule has 0 bridgehead atoms. The van der Waals surface area contributed by atoms with Crippen molar-refractivity contribution >= 4 is 15.9 Å². The molecule has 3 N–H and O–H groups in total. The highest BCUT2D eigenvalue weighted by Crippen LogP contribution is 2.47. The van der Waals surface area contributed by atoms with E-state index in [-0.39, 0.29) is 5.88 Å². The highest BCUT2D eigenvalue weighted by molar-refractivity contribution is 9.10. The Kier molecular flexibility index (Phi) is 5.87. The number of rotatable bonds is 6. The maximum atomic E-state index is 9.81. The fourth-order valence-electron chi connectivity index (χ4n) is 3.60. The molecule has 1 atom stereocenters. The number of aryl methyl sites for hydroxylation is 1. The van der Waals surface area contributed by atoms with Crippen LogP contribution in [0.4, 0.5) is 0 Å². The monoisotopic (exact) mass is 480 g/mol. The molecule has 2 aromatic carbocycles. The summed E-state index contributed by atoms with van der Waals surface area (Å²) in [6, 6.07) is 15.8. The van der Waals surface area contributed by atoms with E-state index in [0.717, 1.165) is 26.9 Å². The predicted octanol–water partition coefficient (Wildman–Crippen LogP) is 4.68. The molecule has 0 fully saturated rings. The third kappa shape index (κ3) is 3.97. The lowest BCUT2D eigenvalue weighted by atomic mass is 9.84. The molecule has 7 nitrogen and oxygen atoms in total. The molecule has 0 amide bonds. The lowest BCUT2D eigenvalue weighted by Gasteiger charge is -2.25. The minimum absolute atomic E-state index is 0.0424. The second-order valence-electron chi connectivity index (χ2n) is 7.02. The second-order valence-corrected chi connectivity index (χ2v) is 7.87. The maximum Gasteiger partial charge on any atom is 0.244 e. The Bertz CT molecular complexity index is 1180. The summed E-state index contributed by atoms with van der Waals surface area (Å²) in [5.41, 5.74) is 9.79. The average molecular weight is 481 g/mol. The highest BCUT2D eigenvalue weighted by atomic mass is 79.9. The first-order valence-corrected chi connectivity index (χ1v) is 10.6. The number of nitriles is 1. The van der Waals surface area contributed by atoms with Gasteiger partial charge in [-0.2, -0.15) is 5.26 Å². The van der Waals surface area contributed by atoms with Gasteiger partial charge in [-0.15, -0.1) is 5.10 Å². The largest absolute Gasteiger partial charge is 0.490 e. The molecule has 0 saturated heterocycles. The predicted molar refractivity (Wildman–Crippen MR) is 119 cm³/mol. The highest BCUT2D eigenvalue weighted by Gasteiger charge is 2.36. The normalized spacial score (nSPS) is 15.1. The van der Waals surface area contributed by atoms with E-state index in [9.17, 15) is 5.26 Å². The van der Waals surface area contributed by atoms with Crippen LogP contribution >= 0.6 is 15.9 Å². The van der Waals surface area contributed by atoms with E-state index in [1.165, 1.54) is 0 Å². The number of H-pyrrole nitrogens is 1. The second kappa shape index (κ2) is 8.74. The molecule has 0 unspecified atom stereocenters. The molecular formula is C23H21BrN4O3. The van der Waals surface area contributed by atoms with Crippen LogP contribution in [0.1, 0.15) is 35.2 Å². The van der Waals surface area contributed by atoms with Crippen molar-refractivity contribution in [1.29, 1.82) is 5.26 Å². The zero-order valence-corrected chi connectivity index (χ0v) is 18.7. The van der Waals surface area contributed by atoms with Crippen LogP contribution in [0.5, 0.6) is 17.4 Å². The molecule has 4 rings (SSSR count). The zero-order chi connectivity index (χ0) is 22.0. The lowest BCUT2D eigenvalue weighted by Crippen LogP contribution is -2.21. The van der Waals surface area contributed by atoms with Crippen LogP contribution in [-0.4, -0.2) is 16.8 Å². The number of nitrogens with one attached hydrogen (secondary N) is 1. The Labute approximate surface area is 188 Å². The minimum atomic E-state index is -0.454. The number of aromatic nitrogens is 2. The Hall–Kier alpha value is -3.44. The summed E-state index contributed by atoms with van der Waals surface area (Å²) in [6.45, 7) is 4.67. The number of allylic oxidation sites excluding steroid dienone is 1. The molecule has 3 aromatic rings. The van der Waals surface area contributed by atoms with Crippen LogP contribution in [0.2, 0.25) is 0 Å². The number of hydrogen-bond donors (Lipinski definition) is 2. The topological polar surface area (TPSA) is 106 Å². The van der Waals surface area contributed by atoms with Crippen molar-refractivity contribution in [1.82, 2.24) is 10.2 Å². The van der Waals surface area contributed by atoms with Gasteiger partial charge < -0.3 is 19.9 Å². The first-order valence-electron chi connectivity index (χ1n) is 9.78. The molecule has 0 aliphatic carbocycles. The van der Waals surface area contributed by atoms with Gasteiger partial charge in [-0.25, -0.2) is 0 Å². The van der Waals surface area contributed by atoms with E-state index in [1.807, 2.05) is 56.3 Å². The molecule has 158 valence electrons. The third-order valence-corrected chi connectivity index (χ3v) is 5.73. The number of fused-ring (bicyclic) bond motifs is 1. The van der Waals surface area contributed by atoms with Crippen molar-refractivity contribution in [3.8, 4) is 23.4 Å². The van der Waals surface area contributed by atoms with Crippen LogP contribution in [0.25, 0.3) is 0 Å². The number of aromatic amines is 1. The van der Waals surface area contributed by atoms with E-state index < -0.39 is 5.92 Å². The van der Waals surface area contributed by atoms with Gasteiger partial charge in [0.15, 0.2) is 11.5 Å². The number of halogens is 1. The fraction of sp³-hybridized carbons (Fsp3) is 0.217. The number of nitrogens with zero attached hydrogens (tertiary/aromatic N) is 2. The molecule has 2 heterocycles. The van der Waals surface area contributed by atoms with Gasteiger partial charge in [-0.1, -0.05) is 46.3 Å². The minimum Gasteiger partial charge on any atom is -0.490 e. The van der Waals surface area contributed by atoms with Crippen LogP contribution in [0, 0.1) is 18.3 Å². The number of hydrogen-bond acceptors (Lipinski definition) is 6. The van der Waals surface area contributed by atoms with E-state index in [0.29, 0.717) is 36.2 Å². The number of benzene rings is 2. The van der Waals surface area contributed by atoms with Crippen molar-refractivity contribution in [3.05, 3.63) is 80.8 Å². The fourth-order valence-corrected chi connectivity index (χ4v) is 4.15. The molecule has 1 aliphatic heterocycles. The van der Waals surface area contributed by atoms with Gasteiger partial charge in [-0.05, 0) is 37.1 Å². The van der Waals surface area contributed by atoms with Crippen LogP contribution < -0.4 is 19.9 Å². The van der Waals surface area contributed by atoms with Crippen molar-refractivity contribution in [2.75, 3.05) is 6.61 Å². The van der Waals surface area contributed by atoms with E-state index in [2.05, 4.69) is 32.2 Å². The zero-order valence-electron chi connectivity index (χ0n) is 17.1. The first kappa shape index (κ1) is 20.8. The summed E-state index contributed by atoms with van der Waals surface area (Å²) >= 11 is 3.66. The van der Waals surface area contributed by atoms with Gasteiger partial charge in [0.25, 0.3) is 0 Å². The molecule has 0 spiro atoms. The van der Waals surface area contributed by atoms with Crippen molar-refractivity contribution in [2.45, 2.75) is 26.4 Å². The molecule has 0 saturated carbocycles. The lowest BCUT2D eigenvalue weighted by molar-refractivity contribution is 0.269. The molecule has 0 radical (unpaired) electrons. The summed E-state index contributed by atoms with van der Waals surface area (Å²) in [4.78, 5) is 0. The van der Waals surface area contributed by atoms with Gasteiger partial charge in [0.2, 0.25) is 11.8 Å². The van der Waals surface area contributed by atoms with Gasteiger partial charge in [0.1, 0.15) is 18.2 Å². The number of nitrogens with two attached hydrogens (primary N) is 1. The Morgan fingerprint density at radius 2 is 1.97 bits per heavy atom. The Morgan fingerprint density at radius 1 is 1.23 bits per heavy atom. The van der Waals surface area contributed by atoms with Gasteiger partial charge in [0.05, 0.1) is 12.5 Å². The van der Waals surface area contributed by atoms with Crippen LogP contribution in [-0.2, 0) is 6.61 Å². The summed E-state index contributed by atoms with van der Waals surface area (Å²) in [5, 5.41) is 16.9. The molecule has 1 aromatic heterocycles. The SMILES string of the molecule is CCOc1cc([C@H]2C(C#N)=C(N)Oc3n[nH]c(C)c32)c(Br)cc1OCc1ccccc1. The van der Waals surface area contributed by atoms with E-state index >= 15 is 0 Å². The summed E-state index contributed by atoms with van der Waals surface area (Å²) in [5.74, 6) is 1.15. The van der Waals surface area contributed by atoms with Gasteiger partial charge >= 0.3 is 0 Å². The number of ether oxygens (including phenoxy) is 3. The van der Waals surface area contributed by atoms with E-state index in [4.69, 9.17) is 19.9 Å². The van der Waals surface area contributed by atoms with Crippen LogP contribution in [0.3, 0.4) is 0 Å². The summed E-state index contributed by atoms with van der Waals surface area (Å²) in [7, 11) is 0. The molecular weight excluding hydrogens is 460 g/mol. The third-order valence-electron chi connectivity index (χ3n) is 5.04. The Morgan fingerprint density at radius 3 is 2.68 bits per heavy atom. The standard InChI is InChI=1S/C23H21BrN4O3/c1-3-29-18-9-15(17(24)10-19(18)30-12-14-7-5-4-6-8-14)21-16(11-25)22(26)31-23-20(21)13(2)27-28-23/h4-10,21H,3,12,26H2,1-2H3,(H,27,28)/t21-/m0/s1.